The summed E-state index contributed by atoms with van der Waals surface area (Å²) in [6, 6.07) is 9.58. The first-order chi connectivity index (χ1) is 19.9. The van der Waals surface area contributed by atoms with E-state index in [0.29, 0.717) is 33.0 Å². The van der Waals surface area contributed by atoms with Gasteiger partial charge in [0.1, 0.15) is 42.5 Å². The van der Waals surface area contributed by atoms with Crippen LogP contribution in [0.1, 0.15) is 31.1 Å². The summed E-state index contributed by atoms with van der Waals surface area (Å²) in [4.78, 5) is 29.2. The van der Waals surface area contributed by atoms with Gasteiger partial charge in [-0.15, -0.1) is 16.4 Å². The van der Waals surface area contributed by atoms with Crippen molar-refractivity contribution in [2.75, 3.05) is 13.2 Å². The zero-order chi connectivity index (χ0) is 30.4. The van der Waals surface area contributed by atoms with Crippen molar-refractivity contribution in [3.63, 3.8) is 0 Å². The molecule has 0 saturated carbocycles. The number of rotatable bonds is 14. The third-order valence-electron chi connectivity index (χ3n) is 6.05. The summed E-state index contributed by atoms with van der Waals surface area (Å²) in [6.07, 6.45) is 1.60. The first-order valence-electron chi connectivity index (χ1n) is 12.8. The molecule has 0 bridgehead atoms. The Hall–Kier alpha value is -4.12. The third kappa shape index (κ3) is 7.79. The van der Waals surface area contributed by atoms with Gasteiger partial charge in [0.05, 0.1) is 23.0 Å². The Morgan fingerprint density at radius 1 is 1.12 bits per heavy atom. The van der Waals surface area contributed by atoms with Gasteiger partial charge in [-0.25, -0.2) is 28.0 Å². The Labute approximate surface area is 245 Å². The van der Waals surface area contributed by atoms with Gasteiger partial charge in [0.2, 0.25) is 10.2 Å². The number of carbonyl (C=O) groups is 2. The maximum atomic E-state index is 13.3. The summed E-state index contributed by atoms with van der Waals surface area (Å²) in [5.41, 5.74) is 1.57. The SMILES string of the molecule is CC(C)[C@@H](C(=O)N[C@@H](Cc1ccc(OCCO)cc1)C(=O)O)n1cc(COc2ccc3nc(S(N)(=O)=O)sc3c2)nn1. The summed E-state index contributed by atoms with van der Waals surface area (Å²) in [5, 5.41) is 34.6. The van der Waals surface area contributed by atoms with Gasteiger partial charge in [-0.1, -0.05) is 31.2 Å². The number of aliphatic hydroxyl groups is 1. The van der Waals surface area contributed by atoms with E-state index in [0.717, 1.165) is 11.3 Å². The van der Waals surface area contributed by atoms with E-state index in [2.05, 4.69) is 20.6 Å². The van der Waals surface area contributed by atoms with Gasteiger partial charge in [-0.3, -0.25) is 4.79 Å². The normalized spacial score (nSPS) is 13.2. The van der Waals surface area contributed by atoms with Crippen LogP contribution in [0.5, 0.6) is 11.5 Å². The van der Waals surface area contributed by atoms with Crippen LogP contribution in [0, 0.1) is 5.92 Å². The van der Waals surface area contributed by atoms with E-state index in [1.807, 2.05) is 13.8 Å². The van der Waals surface area contributed by atoms with Crippen molar-refractivity contribution < 1.29 is 37.7 Å². The fraction of sp³-hybridized carbons (Fsp3) is 0.346. The molecule has 0 aliphatic carbocycles. The minimum atomic E-state index is -3.92. The molecule has 16 heteroatoms. The highest BCUT2D eigenvalue weighted by atomic mass is 32.2. The smallest absolute Gasteiger partial charge is 0.326 e. The number of carboxylic acids is 1. The first-order valence-corrected chi connectivity index (χ1v) is 15.1. The number of amides is 1. The lowest BCUT2D eigenvalue weighted by Gasteiger charge is -2.23. The van der Waals surface area contributed by atoms with Gasteiger partial charge in [-0.2, -0.15) is 0 Å². The Kier molecular flexibility index (Phi) is 9.72. The molecule has 0 fully saturated rings. The molecule has 0 spiro atoms. The molecule has 2 atom stereocenters. The van der Waals surface area contributed by atoms with Gasteiger partial charge in [-0.05, 0) is 41.8 Å². The number of hydrogen-bond donors (Lipinski definition) is 4. The maximum Gasteiger partial charge on any atom is 0.326 e. The van der Waals surface area contributed by atoms with Crippen LogP contribution in [0.4, 0.5) is 0 Å². The van der Waals surface area contributed by atoms with Gasteiger partial charge in [0.15, 0.2) is 0 Å². The molecule has 0 aliphatic rings. The molecule has 14 nitrogen and oxygen atoms in total. The number of thiazole rings is 1. The summed E-state index contributed by atoms with van der Waals surface area (Å²) in [5.74, 6) is -0.987. The zero-order valence-corrected chi connectivity index (χ0v) is 24.3. The van der Waals surface area contributed by atoms with Gasteiger partial charge >= 0.3 is 5.97 Å². The van der Waals surface area contributed by atoms with E-state index < -0.39 is 34.0 Å². The Balaban J connectivity index is 1.41. The van der Waals surface area contributed by atoms with Crippen molar-refractivity contribution in [2.24, 2.45) is 11.1 Å². The third-order valence-corrected chi connectivity index (χ3v) is 8.39. The number of aromatic nitrogens is 4. The van der Waals surface area contributed by atoms with Crippen molar-refractivity contribution >= 4 is 43.5 Å². The summed E-state index contributed by atoms with van der Waals surface area (Å²) in [7, 11) is -3.92. The van der Waals surface area contributed by atoms with Crippen molar-refractivity contribution in [3.05, 3.63) is 59.9 Å². The number of nitrogens with one attached hydrogen (secondary N) is 1. The lowest BCUT2D eigenvalue weighted by molar-refractivity contribution is -0.142. The number of sulfonamides is 1. The summed E-state index contributed by atoms with van der Waals surface area (Å²) < 4.78 is 36.0. The van der Waals surface area contributed by atoms with Crippen molar-refractivity contribution in [3.8, 4) is 11.5 Å². The fourth-order valence-corrected chi connectivity index (χ4v) is 5.76. The highest BCUT2D eigenvalue weighted by Gasteiger charge is 2.30. The Morgan fingerprint density at radius 2 is 1.83 bits per heavy atom. The molecule has 1 amide bonds. The molecule has 4 aromatic rings. The Morgan fingerprint density at radius 3 is 2.48 bits per heavy atom. The molecule has 0 unspecified atom stereocenters. The number of nitrogens with zero attached hydrogens (tertiary/aromatic N) is 4. The molecule has 5 N–H and O–H groups in total. The van der Waals surface area contributed by atoms with E-state index in [9.17, 15) is 23.1 Å². The molecule has 224 valence electrons. The summed E-state index contributed by atoms with van der Waals surface area (Å²) >= 11 is 0.929. The second-order valence-electron chi connectivity index (χ2n) is 9.64. The van der Waals surface area contributed by atoms with Crippen LogP contribution >= 0.6 is 11.3 Å². The standard InChI is InChI=1S/C26H30N6O8S2/c1-15(2)23(24(34)28-21(25(35)36)11-16-3-5-18(6-4-16)39-10-9-33)32-13-17(30-31-32)14-40-19-7-8-20-22(12-19)41-26(29-20)42(27,37)38/h3-8,12-13,15,21,23,33H,9-11,14H2,1-2H3,(H,28,34)(H,35,36)(H2,27,37,38)/t21-,23-/m0/s1. The second-order valence-corrected chi connectivity index (χ2v) is 12.4. The van der Waals surface area contributed by atoms with E-state index in [1.165, 1.54) is 4.68 Å². The molecule has 2 heterocycles. The minimum absolute atomic E-state index is 0.00849. The highest BCUT2D eigenvalue weighted by Crippen LogP contribution is 2.28. The second kappa shape index (κ2) is 13.2. The molecule has 4 rings (SSSR count). The monoisotopic (exact) mass is 618 g/mol. The van der Waals surface area contributed by atoms with E-state index in [-0.39, 0.29) is 36.5 Å². The first kappa shape index (κ1) is 30.8. The van der Waals surface area contributed by atoms with E-state index in [4.69, 9.17) is 19.7 Å². The van der Waals surface area contributed by atoms with Crippen LogP contribution in [-0.4, -0.2) is 69.7 Å². The number of benzene rings is 2. The quantitative estimate of drug-likeness (QED) is 0.159. The van der Waals surface area contributed by atoms with Gasteiger partial charge < -0.3 is 25.0 Å². The molecule has 2 aromatic carbocycles. The number of primary sulfonamides is 1. The fourth-order valence-electron chi connectivity index (χ4n) is 4.07. The van der Waals surface area contributed by atoms with Crippen LogP contribution in [-0.2, 0) is 32.6 Å². The Bertz CT molecular complexity index is 1650. The number of hydrogen-bond acceptors (Lipinski definition) is 11. The average Bonchev–Trinajstić information content (AvgIpc) is 3.58. The van der Waals surface area contributed by atoms with Crippen molar-refractivity contribution in [1.29, 1.82) is 0 Å². The average molecular weight is 619 g/mol. The van der Waals surface area contributed by atoms with Crippen LogP contribution in [0.25, 0.3) is 10.2 Å². The lowest BCUT2D eigenvalue weighted by Crippen LogP contribution is -2.46. The number of carbonyl (C=O) groups excluding carboxylic acids is 1. The minimum Gasteiger partial charge on any atom is -0.491 e. The predicted molar refractivity (Wildman–Crippen MR) is 152 cm³/mol. The van der Waals surface area contributed by atoms with Crippen molar-refractivity contribution in [2.45, 2.75) is 43.3 Å². The van der Waals surface area contributed by atoms with E-state index >= 15 is 0 Å². The predicted octanol–water partition coefficient (Wildman–Crippen LogP) is 1.49. The molecule has 0 saturated heterocycles. The van der Waals surface area contributed by atoms with Crippen LogP contribution < -0.4 is 19.9 Å². The topological polar surface area (TPSA) is 209 Å². The van der Waals surface area contributed by atoms with Crippen LogP contribution in [0.2, 0.25) is 0 Å². The molecule has 0 aliphatic heterocycles. The van der Waals surface area contributed by atoms with Crippen LogP contribution in [0.3, 0.4) is 0 Å². The number of fused-ring (bicyclic) bond motifs is 1. The molecular formula is C26H30N6O8S2. The number of aliphatic carboxylic acids is 1. The number of carboxylic acid groups (broad SMARTS) is 1. The van der Waals surface area contributed by atoms with Gasteiger partial charge in [0.25, 0.3) is 10.0 Å². The van der Waals surface area contributed by atoms with Gasteiger partial charge in [0, 0.05) is 6.42 Å². The zero-order valence-electron chi connectivity index (χ0n) is 22.7. The van der Waals surface area contributed by atoms with Crippen LogP contribution in [0.15, 0.2) is 53.0 Å². The number of nitrogens with two attached hydrogens (primary N) is 1. The lowest BCUT2D eigenvalue weighted by atomic mass is 10.0. The summed E-state index contributed by atoms with van der Waals surface area (Å²) in [6.45, 7) is 3.65. The molecular weight excluding hydrogens is 588 g/mol. The molecule has 42 heavy (non-hydrogen) atoms. The molecule has 2 aromatic heterocycles. The number of ether oxygens (including phenoxy) is 2. The largest absolute Gasteiger partial charge is 0.491 e. The van der Waals surface area contributed by atoms with Crippen molar-refractivity contribution in [1.82, 2.24) is 25.3 Å². The molecule has 0 radical (unpaired) electrons. The number of aliphatic hydroxyl groups excluding tert-OH is 1. The maximum absolute atomic E-state index is 13.3. The highest BCUT2D eigenvalue weighted by molar-refractivity contribution is 7.91. The van der Waals surface area contributed by atoms with E-state index in [1.54, 1.807) is 48.7 Å².